The molecule has 0 saturated carbocycles. The van der Waals surface area contributed by atoms with Crippen LogP contribution in [0.2, 0.25) is 0 Å². The molecule has 0 spiro atoms. The van der Waals surface area contributed by atoms with E-state index in [-0.39, 0.29) is 41.9 Å². The highest BCUT2D eigenvalue weighted by Gasteiger charge is 2.37. The van der Waals surface area contributed by atoms with Crippen LogP contribution in [0.1, 0.15) is 30.4 Å². The molecule has 146 valence electrons. The van der Waals surface area contributed by atoms with Crippen molar-refractivity contribution in [3.63, 3.8) is 0 Å². The van der Waals surface area contributed by atoms with Crippen molar-refractivity contribution in [3.8, 4) is 0 Å². The molecule has 2 aliphatic rings. The maximum atomic E-state index is 12.5. The summed E-state index contributed by atoms with van der Waals surface area (Å²) in [5.41, 5.74) is 2.18. The first-order valence-electron chi connectivity index (χ1n) is 8.83. The lowest BCUT2D eigenvalue weighted by Crippen LogP contribution is -2.43. The largest absolute Gasteiger partial charge is 0.380 e. The number of carbonyl (C=O) groups excluding carboxylic acids is 2. The highest BCUT2D eigenvalue weighted by molar-refractivity contribution is 7.91. The van der Waals surface area contributed by atoms with E-state index < -0.39 is 15.9 Å². The first-order chi connectivity index (χ1) is 12.9. The number of sulfone groups is 1. The van der Waals surface area contributed by atoms with Gasteiger partial charge < -0.3 is 10.1 Å². The Balaban J connectivity index is 1.67. The van der Waals surface area contributed by atoms with Gasteiger partial charge in [0.1, 0.15) is 5.71 Å². The van der Waals surface area contributed by atoms with E-state index in [9.17, 15) is 18.0 Å². The predicted molar refractivity (Wildman–Crippen MR) is 99.6 cm³/mol. The minimum absolute atomic E-state index is 0.0504. The van der Waals surface area contributed by atoms with Crippen molar-refractivity contribution >= 4 is 27.4 Å². The van der Waals surface area contributed by atoms with Gasteiger partial charge in [-0.05, 0) is 17.5 Å². The van der Waals surface area contributed by atoms with E-state index in [0.717, 1.165) is 11.1 Å². The van der Waals surface area contributed by atoms with Gasteiger partial charge >= 0.3 is 0 Å². The van der Waals surface area contributed by atoms with Crippen LogP contribution in [0.3, 0.4) is 0 Å². The van der Waals surface area contributed by atoms with E-state index in [4.69, 9.17) is 4.74 Å². The lowest BCUT2D eigenvalue weighted by molar-refractivity contribution is -0.133. The van der Waals surface area contributed by atoms with E-state index in [1.807, 2.05) is 24.3 Å². The molecule has 1 aromatic carbocycles. The molecule has 27 heavy (non-hydrogen) atoms. The highest BCUT2D eigenvalue weighted by atomic mass is 32.2. The van der Waals surface area contributed by atoms with Crippen LogP contribution in [0.5, 0.6) is 0 Å². The average molecular weight is 393 g/mol. The zero-order chi connectivity index (χ0) is 19.4. The molecule has 0 radical (unpaired) electrons. The summed E-state index contributed by atoms with van der Waals surface area (Å²) in [5, 5.41) is 8.21. The third-order valence-corrected chi connectivity index (χ3v) is 6.48. The lowest BCUT2D eigenvalue weighted by Gasteiger charge is -2.27. The van der Waals surface area contributed by atoms with Crippen LogP contribution in [0, 0.1) is 0 Å². The molecule has 2 heterocycles. The molecular formula is C18H23N3O5S. The van der Waals surface area contributed by atoms with Crippen molar-refractivity contribution in [2.24, 2.45) is 5.10 Å². The van der Waals surface area contributed by atoms with Gasteiger partial charge in [0, 0.05) is 26.5 Å². The number of hydrazone groups is 1. The van der Waals surface area contributed by atoms with Gasteiger partial charge in [0.2, 0.25) is 5.91 Å². The second kappa shape index (κ2) is 8.18. The number of rotatable bonds is 6. The first kappa shape index (κ1) is 19.5. The number of hydrogen-bond acceptors (Lipinski definition) is 6. The third-order valence-electron chi connectivity index (χ3n) is 4.73. The Hall–Kier alpha value is -2.26. The molecule has 1 fully saturated rings. The normalized spacial score (nSPS) is 21.8. The Morgan fingerprint density at radius 2 is 2.04 bits per heavy atom. The molecule has 0 unspecified atom stereocenters. The molecule has 0 bridgehead atoms. The topological polar surface area (TPSA) is 105 Å². The van der Waals surface area contributed by atoms with Crippen LogP contribution < -0.4 is 5.32 Å². The summed E-state index contributed by atoms with van der Waals surface area (Å²) in [6.45, 7) is 0.772. The predicted octanol–water partition coefficient (Wildman–Crippen LogP) is 0.615. The Morgan fingerprint density at radius 1 is 1.30 bits per heavy atom. The lowest BCUT2D eigenvalue weighted by atomic mass is 10.1. The third kappa shape index (κ3) is 4.72. The van der Waals surface area contributed by atoms with E-state index in [2.05, 4.69) is 10.4 Å². The van der Waals surface area contributed by atoms with Crippen LogP contribution >= 0.6 is 0 Å². The molecule has 8 nitrogen and oxygen atoms in total. The van der Waals surface area contributed by atoms with Crippen LogP contribution in [0.25, 0.3) is 0 Å². The average Bonchev–Trinajstić information content (AvgIpc) is 3.01. The Morgan fingerprint density at radius 3 is 2.70 bits per heavy atom. The summed E-state index contributed by atoms with van der Waals surface area (Å²) >= 11 is 0. The fraction of sp³-hybridized carbons (Fsp3) is 0.500. The molecule has 1 N–H and O–H groups in total. The van der Waals surface area contributed by atoms with Gasteiger partial charge in [0.15, 0.2) is 9.84 Å². The van der Waals surface area contributed by atoms with E-state index in [1.165, 1.54) is 5.01 Å². The van der Waals surface area contributed by atoms with Crippen molar-refractivity contribution in [3.05, 3.63) is 35.4 Å². The molecule has 1 atom stereocenters. The molecule has 3 rings (SSSR count). The molecule has 2 aliphatic heterocycles. The van der Waals surface area contributed by atoms with Gasteiger partial charge in [-0.3, -0.25) is 9.59 Å². The number of amides is 2. The first-order valence-corrected chi connectivity index (χ1v) is 10.7. The number of nitrogens with one attached hydrogen (secondary N) is 1. The standard InChI is InChI=1S/C18H23N3O5S/c1-26-11-14-5-3-2-4-13(14)10-19-18(23)16-6-7-17(22)21(20-16)15-8-9-27(24,25)12-15/h2-5,15H,6-12H2,1H3,(H,19,23)/t15-/m1/s1. The van der Waals surface area contributed by atoms with E-state index in [0.29, 0.717) is 19.6 Å². The van der Waals surface area contributed by atoms with Crippen LogP contribution in [-0.2, 0) is 37.3 Å². The second-order valence-corrected chi connectivity index (χ2v) is 8.95. The Labute approximate surface area is 158 Å². The summed E-state index contributed by atoms with van der Waals surface area (Å²) in [5.74, 6) is -0.629. The van der Waals surface area contributed by atoms with E-state index >= 15 is 0 Å². The van der Waals surface area contributed by atoms with Gasteiger partial charge in [0.05, 0.1) is 24.2 Å². The van der Waals surface area contributed by atoms with Crippen molar-refractivity contribution in [2.45, 2.75) is 38.5 Å². The number of benzene rings is 1. The van der Waals surface area contributed by atoms with E-state index in [1.54, 1.807) is 7.11 Å². The summed E-state index contributed by atoms with van der Waals surface area (Å²) in [6.07, 6.45) is 0.764. The zero-order valence-corrected chi connectivity index (χ0v) is 16.0. The zero-order valence-electron chi connectivity index (χ0n) is 15.2. The molecule has 0 aromatic heterocycles. The van der Waals surface area contributed by atoms with Crippen LogP contribution in [0.15, 0.2) is 29.4 Å². The molecular weight excluding hydrogens is 370 g/mol. The SMILES string of the molecule is COCc1ccccc1CNC(=O)C1=NN([C@@H]2CCS(=O)(=O)C2)C(=O)CC1. The Kier molecular flexibility index (Phi) is 5.91. The minimum atomic E-state index is -3.14. The van der Waals surface area contributed by atoms with Crippen LogP contribution in [0.4, 0.5) is 0 Å². The molecule has 0 aliphatic carbocycles. The fourth-order valence-corrected chi connectivity index (χ4v) is 4.98. The maximum absolute atomic E-state index is 12.5. The number of carbonyl (C=O) groups is 2. The number of nitrogens with zero attached hydrogens (tertiary/aromatic N) is 2. The summed E-state index contributed by atoms with van der Waals surface area (Å²) < 4.78 is 28.5. The van der Waals surface area contributed by atoms with Gasteiger partial charge in [-0.25, -0.2) is 13.4 Å². The molecule has 2 amide bonds. The van der Waals surface area contributed by atoms with Crippen molar-refractivity contribution in [1.29, 1.82) is 0 Å². The number of hydrogen-bond donors (Lipinski definition) is 1. The van der Waals surface area contributed by atoms with Crippen molar-refractivity contribution < 1.29 is 22.7 Å². The highest BCUT2D eigenvalue weighted by Crippen LogP contribution is 2.22. The molecule has 1 saturated heterocycles. The fourth-order valence-electron chi connectivity index (χ4n) is 3.29. The van der Waals surface area contributed by atoms with Crippen LogP contribution in [-0.4, -0.2) is 55.6 Å². The molecule has 9 heteroatoms. The maximum Gasteiger partial charge on any atom is 0.267 e. The van der Waals surface area contributed by atoms with Gasteiger partial charge in [-0.1, -0.05) is 24.3 Å². The van der Waals surface area contributed by atoms with Gasteiger partial charge in [0.25, 0.3) is 5.91 Å². The smallest absolute Gasteiger partial charge is 0.267 e. The van der Waals surface area contributed by atoms with Crippen molar-refractivity contribution in [1.82, 2.24) is 10.3 Å². The number of methoxy groups -OCH3 is 1. The summed E-state index contributed by atoms with van der Waals surface area (Å²) in [7, 11) is -1.53. The Bertz CT molecular complexity index is 866. The van der Waals surface area contributed by atoms with Crippen molar-refractivity contribution in [2.75, 3.05) is 18.6 Å². The summed E-state index contributed by atoms with van der Waals surface area (Å²) in [6, 6.07) is 7.16. The van der Waals surface area contributed by atoms with Gasteiger partial charge in [-0.15, -0.1) is 0 Å². The van der Waals surface area contributed by atoms with Gasteiger partial charge in [-0.2, -0.15) is 5.10 Å². The quantitative estimate of drug-likeness (QED) is 0.763. The number of ether oxygens (including phenoxy) is 1. The minimum Gasteiger partial charge on any atom is -0.380 e. The second-order valence-electron chi connectivity index (χ2n) is 6.73. The summed E-state index contributed by atoms with van der Waals surface area (Å²) in [4.78, 5) is 24.6. The molecule has 1 aromatic rings. The monoisotopic (exact) mass is 393 g/mol.